The summed E-state index contributed by atoms with van der Waals surface area (Å²) in [4.78, 5) is 5.36. The van der Waals surface area contributed by atoms with E-state index in [1.54, 1.807) is 0 Å². The molecule has 0 bridgehead atoms. The van der Waals surface area contributed by atoms with Gasteiger partial charge in [-0.3, -0.25) is 0 Å². The third-order valence-corrected chi connectivity index (χ3v) is 31.9. The van der Waals surface area contributed by atoms with Crippen molar-refractivity contribution in [3.05, 3.63) is 308 Å². The van der Waals surface area contributed by atoms with Crippen molar-refractivity contribution < 1.29 is 18.9 Å². The van der Waals surface area contributed by atoms with E-state index in [1.165, 1.54) is 127 Å². The molecule has 3 aromatic heterocycles. The molecule has 24 rings (SSSR count). The third kappa shape index (κ3) is 13.6. The van der Waals surface area contributed by atoms with E-state index in [1.807, 2.05) is 0 Å². The second-order valence-electron chi connectivity index (χ2n) is 50.3. The van der Waals surface area contributed by atoms with Crippen LogP contribution >= 0.6 is 0 Å². The minimum Gasteiger partial charge on any atom is -0.458 e. The summed E-state index contributed by atoms with van der Waals surface area (Å²) in [6, 6.07) is 91.2. The number of hydrogen-bond donors (Lipinski definition) is 0. The Morgan fingerprint density at radius 1 is 0.193 bits per heavy atom. The van der Waals surface area contributed by atoms with E-state index >= 15 is 0 Å². The molecule has 12 heteroatoms. The topological polar surface area (TPSA) is 58.2 Å². The molecule has 0 N–H and O–H groups in total. The normalized spacial score (nSPS) is 14.4. The van der Waals surface area contributed by atoms with Gasteiger partial charge in [0.15, 0.2) is 0 Å². The Balaban J connectivity index is 0.820. The van der Waals surface area contributed by atoms with E-state index in [2.05, 4.69) is 462 Å². The summed E-state index contributed by atoms with van der Waals surface area (Å²) in [7, 11) is 0. The fraction of sp³-hybridized carbons (Fsp3) is 0.297. The molecule has 698 valence electrons. The first-order chi connectivity index (χ1) is 65.9. The van der Waals surface area contributed by atoms with E-state index in [9.17, 15) is 0 Å². The molecular formula is C128H128B3N5O4. The Labute approximate surface area is 828 Å². The highest BCUT2D eigenvalue weighted by Gasteiger charge is 2.52. The second kappa shape index (κ2) is 29.7. The van der Waals surface area contributed by atoms with Gasteiger partial charge in [0.25, 0.3) is 20.1 Å². The van der Waals surface area contributed by atoms with Gasteiger partial charge in [0.2, 0.25) is 0 Å². The number of hydrogen-bond acceptors (Lipinski definition) is 6. The summed E-state index contributed by atoms with van der Waals surface area (Å²) in [6.07, 6.45) is 0. The molecular weight excluding hydrogens is 1700 g/mol. The van der Waals surface area contributed by atoms with Crippen molar-refractivity contribution >= 4 is 169 Å². The maximum Gasteiger partial charge on any atom is 0.260 e. The number of anilines is 6. The van der Waals surface area contributed by atoms with Gasteiger partial charge in [0, 0.05) is 102 Å². The van der Waals surface area contributed by atoms with Gasteiger partial charge in [-0.05, 0) is 287 Å². The minimum absolute atomic E-state index is 0.0816. The van der Waals surface area contributed by atoms with Gasteiger partial charge in [-0.15, -0.1) is 0 Å². The summed E-state index contributed by atoms with van der Waals surface area (Å²) in [5.41, 5.74) is 42.7. The highest BCUT2D eigenvalue weighted by atomic mass is 16.5. The van der Waals surface area contributed by atoms with E-state index in [0.29, 0.717) is 0 Å². The maximum absolute atomic E-state index is 8.14. The van der Waals surface area contributed by atoms with Crippen molar-refractivity contribution in [3.63, 3.8) is 0 Å². The zero-order valence-corrected chi connectivity index (χ0v) is 87.5. The standard InChI is InChI=1S/C128H128B3N5O4/c1-69-47-71(3)119(72(4)48-69)135-104-67-110-96(130-94-57-81(127(25,26)27)37-45-108(94)137-112-61-84(63-114(139-110)117(112)130)133-100-41-33-77(123(13,14)15)53-88(100)89-54-78(124(16,17)18)34-42-101(89)133)65-92(104)129-93-66-97-111(68-105(93)136(120-73(5)49-70(2)50-74(120)6)107-60-83(59-106(135)116(107)129)132-98-39-31-75(121(7,8)9)51-86(98)87-52-76(122(10,11)12)32-40-99(87)132)140-115-64-85(62-113-118(115)131(97)95-58-82(128(28,29)30)38-46-109(95)138-113)134-102-43-35-79(125(19,20)21)55-90(102)91-56-80(126(22,23)24)36-44-103(91)134/h31-68H,1-30H3. The van der Waals surface area contributed by atoms with Crippen molar-refractivity contribution in [3.8, 4) is 63.1 Å². The van der Waals surface area contributed by atoms with Crippen molar-refractivity contribution in [1.82, 2.24) is 13.7 Å². The van der Waals surface area contributed by atoms with Crippen LogP contribution in [0.1, 0.15) is 244 Å². The first-order valence-electron chi connectivity index (χ1n) is 50.8. The molecule has 0 saturated heterocycles. The van der Waals surface area contributed by atoms with Crippen LogP contribution in [0.3, 0.4) is 0 Å². The van der Waals surface area contributed by atoms with Crippen LogP contribution in [0.5, 0.6) is 46.0 Å². The summed E-state index contributed by atoms with van der Waals surface area (Å²) < 4.78 is 39.0. The molecule has 0 unspecified atom stereocenters. The monoisotopic (exact) mass is 1830 g/mol. The van der Waals surface area contributed by atoms with Gasteiger partial charge >= 0.3 is 0 Å². The van der Waals surface area contributed by atoms with Crippen LogP contribution in [-0.2, 0) is 43.3 Å². The SMILES string of the molecule is Cc1cc(C)c(N2c3cc4c(cc3B3c5cc6c(cc5N(c5c(C)cc(C)cc5C)c5cc(-n7c8ccc(C(C)(C)C)cc8c8cc(C(C)(C)C)ccc87)cc2c53)Oc2cc(-n3c5ccc(C(C)(C)C)cc5c5cc(C(C)(C)C)ccc53)cc3c2B6c2cc(C(C)(C)C)ccc2O3)B2c3cc(C(C)(C)C)ccc3Oc3cc(-n5c6ccc(C(C)(C)C)cc6c6cc(C(C)(C)C)ccc65)cc(c32)O4)c(C)c1. The van der Waals surface area contributed by atoms with Crippen molar-refractivity contribution in [2.75, 3.05) is 9.80 Å². The van der Waals surface area contributed by atoms with Crippen molar-refractivity contribution in [2.45, 2.75) is 251 Å². The molecule has 0 amide bonds. The predicted octanol–water partition coefficient (Wildman–Crippen LogP) is 28.7. The molecule has 0 aliphatic carbocycles. The number of benzene rings is 15. The van der Waals surface area contributed by atoms with Gasteiger partial charge in [-0.25, -0.2) is 0 Å². The average molecular weight is 1830 g/mol. The minimum atomic E-state index is -0.422. The smallest absolute Gasteiger partial charge is 0.260 e. The lowest BCUT2D eigenvalue weighted by Gasteiger charge is -2.47. The van der Waals surface area contributed by atoms with Crippen LogP contribution in [0.15, 0.2) is 231 Å². The molecule has 0 fully saturated rings. The zero-order chi connectivity index (χ0) is 98.3. The maximum atomic E-state index is 8.14. The lowest BCUT2D eigenvalue weighted by Crippen LogP contribution is -2.65. The van der Waals surface area contributed by atoms with Gasteiger partial charge in [0.05, 0.1) is 61.5 Å². The number of rotatable bonds is 5. The Kier molecular flexibility index (Phi) is 18.9. The Morgan fingerprint density at radius 3 is 0.671 bits per heavy atom. The Hall–Kier alpha value is -13.3. The molecule has 0 spiro atoms. The Bertz CT molecular complexity index is 7880. The average Bonchev–Trinajstić information content (AvgIpc) is 1.25. The predicted molar refractivity (Wildman–Crippen MR) is 597 cm³/mol. The molecule has 9 nitrogen and oxygen atoms in total. The lowest BCUT2D eigenvalue weighted by atomic mass is 9.29. The van der Waals surface area contributed by atoms with Crippen LogP contribution in [0.2, 0.25) is 0 Å². The first-order valence-corrected chi connectivity index (χ1v) is 50.8. The van der Waals surface area contributed by atoms with Crippen LogP contribution in [0.4, 0.5) is 34.1 Å². The van der Waals surface area contributed by atoms with Crippen molar-refractivity contribution in [2.24, 2.45) is 0 Å². The second-order valence-corrected chi connectivity index (χ2v) is 50.3. The highest BCUT2D eigenvalue weighted by Crippen LogP contribution is 2.55. The number of aryl methyl sites for hydroxylation is 6. The third-order valence-electron chi connectivity index (χ3n) is 31.9. The summed E-state index contributed by atoms with van der Waals surface area (Å²) in [5.74, 6) is 6.38. The molecule has 6 aliphatic rings. The molecule has 9 heterocycles. The molecule has 15 aromatic carbocycles. The quantitative estimate of drug-likeness (QED) is 0.160. The van der Waals surface area contributed by atoms with Gasteiger partial charge in [-0.2, -0.15) is 0 Å². The molecule has 18 aromatic rings. The number of aromatic nitrogens is 3. The number of fused-ring (bicyclic) bond motifs is 21. The van der Waals surface area contributed by atoms with Crippen LogP contribution < -0.4 is 77.9 Å². The molecule has 0 atom stereocenters. The largest absolute Gasteiger partial charge is 0.458 e. The summed E-state index contributed by atoms with van der Waals surface area (Å²) in [5, 5.41) is 7.34. The van der Waals surface area contributed by atoms with Gasteiger partial charge in [-0.1, -0.05) is 274 Å². The summed E-state index contributed by atoms with van der Waals surface area (Å²) in [6.45, 7) is 68.6. The van der Waals surface area contributed by atoms with Crippen LogP contribution in [-0.4, -0.2) is 33.8 Å². The first kappa shape index (κ1) is 89.3. The van der Waals surface area contributed by atoms with Gasteiger partial charge in [0.1, 0.15) is 46.0 Å². The Morgan fingerprint density at radius 2 is 0.414 bits per heavy atom. The lowest BCUT2D eigenvalue weighted by molar-refractivity contribution is 0.463. The molecule has 6 aliphatic heterocycles. The van der Waals surface area contributed by atoms with Crippen LogP contribution in [0, 0.1) is 41.5 Å². The van der Waals surface area contributed by atoms with E-state index in [-0.39, 0.29) is 56.7 Å². The van der Waals surface area contributed by atoms with Crippen molar-refractivity contribution in [1.29, 1.82) is 0 Å². The van der Waals surface area contributed by atoms with E-state index in [0.717, 1.165) is 163 Å². The number of ether oxygens (including phenoxy) is 4. The van der Waals surface area contributed by atoms with E-state index < -0.39 is 6.71 Å². The molecule has 140 heavy (non-hydrogen) atoms. The summed E-state index contributed by atoms with van der Waals surface area (Å²) >= 11 is 0. The zero-order valence-electron chi connectivity index (χ0n) is 87.5. The molecule has 0 radical (unpaired) electrons. The fourth-order valence-electron chi connectivity index (χ4n) is 24.5. The van der Waals surface area contributed by atoms with E-state index in [4.69, 9.17) is 18.9 Å². The number of nitrogens with zero attached hydrogens (tertiary/aromatic N) is 5. The highest BCUT2D eigenvalue weighted by molar-refractivity contribution is 7.03. The molecule has 0 saturated carbocycles. The van der Waals surface area contributed by atoms with Gasteiger partial charge < -0.3 is 42.4 Å². The fourth-order valence-corrected chi connectivity index (χ4v) is 24.5. The van der Waals surface area contributed by atoms with Crippen LogP contribution in [0.25, 0.3) is 82.5 Å².